The van der Waals surface area contributed by atoms with Crippen molar-refractivity contribution in [2.45, 2.75) is 25.6 Å². The number of aliphatic hydroxyl groups excluding tert-OH is 1. The molecular formula is C14H13F3O. The maximum absolute atomic E-state index is 12.6. The van der Waals surface area contributed by atoms with E-state index in [0.717, 1.165) is 17.4 Å². The van der Waals surface area contributed by atoms with Crippen LogP contribution in [0.5, 0.6) is 0 Å². The van der Waals surface area contributed by atoms with E-state index in [2.05, 4.69) is 0 Å². The lowest BCUT2D eigenvalue weighted by atomic mass is 9.96. The van der Waals surface area contributed by atoms with Gasteiger partial charge in [0, 0.05) is 0 Å². The summed E-state index contributed by atoms with van der Waals surface area (Å²) >= 11 is 0. The van der Waals surface area contributed by atoms with Crippen molar-refractivity contribution in [2.75, 3.05) is 0 Å². The van der Waals surface area contributed by atoms with Crippen molar-refractivity contribution < 1.29 is 18.3 Å². The zero-order chi connectivity index (χ0) is 13.3. The van der Waals surface area contributed by atoms with E-state index in [9.17, 15) is 18.3 Å². The molecule has 1 N–H and O–H groups in total. The van der Waals surface area contributed by atoms with Crippen LogP contribution in [0.2, 0.25) is 0 Å². The highest BCUT2D eigenvalue weighted by Gasteiger charge is 2.40. The molecule has 0 radical (unpaired) electrons. The van der Waals surface area contributed by atoms with E-state index in [1.54, 1.807) is 24.3 Å². The molecule has 0 aliphatic heterocycles. The summed E-state index contributed by atoms with van der Waals surface area (Å²) in [5.74, 6) is 0. The molecule has 2 aromatic carbocycles. The van der Waals surface area contributed by atoms with Crippen LogP contribution in [0, 0.1) is 0 Å². The van der Waals surface area contributed by atoms with E-state index in [1.165, 1.54) is 6.07 Å². The molecule has 2 aromatic rings. The Balaban J connectivity index is 2.66. The first-order valence-corrected chi connectivity index (χ1v) is 5.70. The van der Waals surface area contributed by atoms with Crippen molar-refractivity contribution in [1.29, 1.82) is 0 Å². The van der Waals surface area contributed by atoms with Gasteiger partial charge in [-0.05, 0) is 28.3 Å². The van der Waals surface area contributed by atoms with Gasteiger partial charge in [-0.15, -0.1) is 0 Å². The molecule has 4 heteroatoms. The molecule has 0 saturated carbocycles. The maximum atomic E-state index is 12.6. The van der Waals surface area contributed by atoms with Crippen molar-refractivity contribution >= 4 is 10.8 Å². The molecule has 0 amide bonds. The second kappa shape index (κ2) is 4.61. The molecule has 0 aromatic heterocycles. The lowest BCUT2D eigenvalue weighted by Crippen LogP contribution is -2.20. The van der Waals surface area contributed by atoms with Crippen LogP contribution >= 0.6 is 0 Å². The van der Waals surface area contributed by atoms with Gasteiger partial charge in [0.25, 0.3) is 0 Å². The summed E-state index contributed by atoms with van der Waals surface area (Å²) in [6.07, 6.45) is -6.34. The minimum Gasteiger partial charge on any atom is -0.379 e. The fraction of sp³-hybridized carbons (Fsp3) is 0.286. The van der Waals surface area contributed by atoms with Gasteiger partial charge in [-0.25, -0.2) is 0 Å². The average molecular weight is 254 g/mol. The van der Waals surface area contributed by atoms with E-state index in [4.69, 9.17) is 0 Å². The molecule has 18 heavy (non-hydrogen) atoms. The number of rotatable bonds is 2. The Morgan fingerprint density at radius 3 is 2.28 bits per heavy atom. The summed E-state index contributed by atoms with van der Waals surface area (Å²) in [7, 11) is 0. The number of hydrogen-bond donors (Lipinski definition) is 1. The van der Waals surface area contributed by atoms with Crippen molar-refractivity contribution in [3.63, 3.8) is 0 Å². The second-order valence-corrected chi connectivity index (χ2v) is 4.16. The summed E-state index contributed by atoms with van der Waals surface area (Å²) in [5.41, 5.74) is 0.888. The number of benzene rings is 2. The zero-order valence-electron chi connectivity index (χ0n) is 9.83. The Hall–Kier alpha value is -1.55. The monoisotopic (exact) mass is 254 g/mol. The van der Waals surface area contributed by atoms with Gasteiger partial charge in [0.1, 0.15) is 0 Å². The summed E-state index contributed by atoms with van der Waals surface area (Å²) in [6, 6.07) is 9.85. The first-order chi connectivity index (χ1) is 8.45. The molecule has 0 aliphatic carbocycles. The third-order valence-electron chi connectivity index (χ3n) is 3.03. The predicted octanol–water partition coefficient (Wildman–Crippen LogP) is 4.00. The predicted molar refractivity (Wildman–Crippen MR) is 64.3 cm³/mol. The number of aryl methyl sites for hydroxylation is 1. The van der Waals surface area contributed by atoms with Crippen LogP contribution in [0.3, 0.4) is 0 Å². The summed E-state index contributed by atoms with van der Waals surface area (Å²) in [6.45, 7) is 1.95. The Morgan fingerprint density at radius 1 is 1.06 bits per heavy atom. The Kier molecular flexibility index (Phi) is 3.30. The lowest BCUT2D eigenvalue weighted by molar-refractivity contribution is -0.206. The molecule has 0 spiro atoms. The lowest BCUT2D eigenvalue weighted by Gasteiger charge is -2.17. The van der Waals surface area contributed by atoms with Crippen LogP contribution in [-0.4, -0.2) is 11.3 Å². The van der Waals surface area contributed by atoms with Crippen molar-refractivity contribution in [3.8, 4) is 0 Å². The Labute approximate surface area is 103 Å². The van der Waals surface area contributed by atoms with E-state index < -0.39 is 12.3 Å². The molecule has 2 rings (SSSR count). The number of halogens is 3. The topological polar surface area (TPSA) is 20.2 Å². The molecule has 1 unspecified atom stereocenters. The molecule has 1 nitrogen and oxygen atoms in total. The molecule has 96 valence electrons. The van der Waals surface area contributed by atoms with Gasteiger partial charge in [-0.1, -0.05) is 43.3 Å². The third-order valence-corrected chi connectivity index (χ3v) is 3.03. The Morgan fingerprint density at radius 2 is 1.67 bits per heavy atom. The fourth-order valence-electron chi connectivity index (χ4n) is 2.12. The number of fused-ring (bicyclic) bond motifs is 1. The van der Waals surface area contributed by atoms with Gasteiger partial charge in [-0.2, -0.15) is 13.2 Å². The molecule has 0 heterocycles. The number of hydrogen-bond acceptors (Lipinski definition) is 1. The summed E-state index contributed by atoms with van der Waals surface area (Å²) in [4.78, 5) is 0. The van der Waals surface area contributed by atoms with Gasteiger partial charge in [0.2, 0.25) is 0 Å². The van der Waals surface area contributed by atoms with Crippen LogP contribution in [0.25, 0.3) is 10.8 Å². The number of alkyl halides is 3. The minimum atomic E-state index is -4.64. The standard InChI is InChI=1S/C14H13F3O/c1-2-9-5-3-7-11-10(9)6-4-8-12(11)13(18)14(15,16)17/h3-8,13,18H,2H2,1H3. The zero-order valence-corrected chi connectivity index (χ0v) is 9.83. The highest BCUT2D eigenvalue weighted by atomic mass is 19.4. The maximum Gasteiger partial charge on any atom is 0.418 e. The quantitative estimate of drug-likeness (QED) is 0.858. The van der Waals surface area contributed by atoms with Crippen LogP contribution in [-0.2, 0) is 6.42 Å². The van der Waals surface area contributed by atoms with Crippen molar-refractivity contribution in [3.05, 3.63) is 47.5 Å². The molecule has 0 saturated heterocycles. The smallest absolute Gasteiger partial charge is 0.379 e. The fourth-order valence-corrected chi connectivity index (χ4v) is 2.12. The van der Waals surface area contributed by atoms with Crippen LogP contribution < -0.4 is 0 Å². The van der Waals surface area contributed by atoms with Gasteiger partial charge in [0.15, 0.2) is 6.10 Å². The van der Waals surface area contributed by atoms with Crippen LogP contribution in [0.15, 0.2) is 36.4 Å². The van der Waals surface area contributed by atoms with Gasteiger partial charge >= 0.3 is 6.18 Å². The van der Waals surface area contributed by atoms with E-state index in [1.807, 2.05) is 13.0 Å². The van der Waals surface area contributed by atoms with Crippen LogP contribution in [0.4, 0.5) is 13.2 Å². The largest absolute Gasteiger partial charge is 0.418 e. The molecule has 1 atom stereocenters. The molecule has 0 bridgehead atoms. The second-order valence-electron chi connectivity index (χ2n) is 4.16. The van der Waals surface area contributed by atoms with Gasteiger partial charge < -0.3 is 5.11 Å². The number of aliphatic hydroxyl groups is 1. The normalized spacial score (nSPS) is 13.8. The summed E-state index contributed by atoms with van der Waals surface area (Å²) < 4.78 is 37.8. The molecule has 0 aliphatic rings. The van der Waals surface area contributed by atoms with Crippen molar-refractivity contribution in [2.24, 2.45) is 0 Å². The third kappa shape index (κ3) is 2.20. The van der Waals surface area contributed by atoms with E-state index in [0.29, 0.717) is 5.39 Å². The first kappa shape index (κ1) is 12.9. The van der Waals surface area contributed by atoms with Crippen LogP contribution in [0.1, 0.15) is 24.2 Å². The SMILES string of the molecule is CCc1cccc2c(C(O)C(F)(F)F)cccc12. The highest BCUT2D eigenvalue weighted by molar-refractivity contribution is 5.89. The van der Waals surface area contributed by atoms with E-state index in [-0.39, 0.29) is 5.56 Å². The average Bonchev–Trinajstić information content (AvgIpc) is 2.35. The Bertz CT molecular complexity index is 560. The van der Waals surface area contributed by atoms with Gasteiger partial charge in [-0.3, -0.25) is 0 Å². The molecular weight excluding hydrogens is 241 g/mol. The van der Waals surface area contributed by atoms with E-state index >= 15 is 0 Å². The summed E-state index contributed by atoms with van der Waals surface area (Å²) in [5, 5.41) is 10.6. The highest BCUT2D eigenvalue weighted by Crippen LogP contribution is 2.36. The van der Waals surface area contributed by atoms with Gasteiger partial charge in [0.05, 0.1) is 0 Å². The molecule has 0 fully saturated rings. The first-order valence-electron chi connectivity index (χ1n) is 5.70. The van der Waals surface area contributed by atoms with Crippen molar-refractivity contribution in [1.82, 2.24) is 0 Å². The minimum absolute atomic E-state index is 0.0877.